The zero-order valence-electron chi connectivity index (χ0n) is 15.4. The molecule has 1 atom stereocenters. The molecule has 0 radical (unpaired) electrons. The maximum Gasteiger partial charge on any atom is 0.319 e. The molecule has 0 bridgehead atoms. The highest BCUT2D eigenvalue weighted by molar-refractivity contribution is 7.90. The van der Waals surface area contributed by atoms with Gasteiger partial charge in [0, 0.05) is 45.3 Å². The maximum atomic E-state index is 12.1. The number of anilines is 2. The summed E-state index contributed by atoms with van der Waals surface area (Å²) < 4.78 is 32.8. The predicted molar refractivity (Wildman–Crippen MR) is 101 cm³/mol. The van der Waals surface area contributed by atoms with Crippen molar-refractivity contribution in [3.8, 4) is 0 Å². The maximum absolute atomic E-state index is 12.1. The van der Waals surface area contributed by atoms with E-state index >= 15 is 0 Å². The Hall–Kier alpha value is -1.88. The largest absolute Gasteiger partial charge is 0.380 e. The molecule has 26 heavy (non-hydrogen) atoms. The third-order valence-electron chi connectivity index (χ3n) is 3.94. The minimum Gasteiger partial charge on any atom is -0.380 e. The number of benzene rings is 1. The van der Waals surface area contributed by atoms with Crippen molar-refractivity contribution in [3.63, 3.8) is 0 Å². The first-order chi connectivity index (χ1) is 12.3. The van der Waals surface area contributed by atoms with Gasteiger partial charge >= 0.3 is 16.2 Å². The Kier molecular flexibility index (Phi) is 7.21. The number of carbonyl (C=O) groups is 1. The summed E-state index contributed by atoms with van der Waals surface area (Å²) >= 11 is 0. The van der Waals surface area contributed by atoms with Gasteiger partial charge in [-0.3, -0.25) is 4.72 Å². The molecular formula is C16H27N5O4S. The van der Waals surface area contributed by atoms with E-state index in [2.05, 4.69) is 20.3 Å². The lowest BCUT2D eigenvalue weighted by atomic mass is 10.1. The van der Waals surface area contributed by atoms with Crippen molar-refractivity contribution in [2.75, 3.05) is 64.0 Å². The SMILES string of the molecule is CN1CCOC[C@@H](CNC(=O)Nc2cccc(NS(=O)(=O)N(C)C)c2)C1. The summed E-state index contributed by atoms with van der Waals surface area (Å²) in [7, 11) is 1.31. The van der Waals surface area contributed by atoms with Crippen molar-refractivity contribution < 1.29 is 17.9 Å². The van der Waals surface area contributed by atoms with E-state index in [1.165, 1.54) is 14.1 Å². The van der Waals surface area contributed by atoms with Crippen LogP contribution in [0, 0.1) is 5.92 Å². The molecule has 2 rings (SSSR count). The summed E-state index contributed by atoms with van der Waals surface area (Å²) in [6.07, 6.45) is 0. The van der Waals surface area contributed by atoms with E-state index in [1.54, 1.807) is 24.3 Å². The number of hydrogen-bond acceptors (Lipinski definition) is 5. The third-order valence-corrected chi connectivity index (χ3v) is 5.40. The molecule has 2 amide bonds. The Morgan fingerprint density at radius 3 is 2.81 bits per heavy atom. The van der Waals surface area contributed by atoms with Gasteiger partial charge in [-0.05, 0) is 25.2 Å². The first kappa shape index (κ1) is 20.4. The van der Waals surface area contributed by atoms with E-state index in [1.807, 2.05) is 7.05 Å². The van der Waals surface area contributed by atoms with Crippen molar-refractivity contribution in [3.05, 3.63) is 24.3 Å². The van der Waals surface area contributed by atoms with Crippen LogP contribution in [0.2, 0.25) is 0 Å². The second-order valence-electron chi connectivity index (χ2n) is 6.51. The summed E-state index contributed by atoms with van der Waals surface area (Å²) in [5, 5.41) is 5.54. The lowest BCUT2D eigenvalue weighted by molar-refractivity contribution is 0.122. The summed E-state index contributed by atoms with van der Waals surface area (Å²) in [5.41, 5.74) is 0.867. The normalized spacial score (nSPS) is 19.0. The van der Waals surface area contributed by atoms with E-state index in [9.17, 15) is 13.2 Å². The van der Waals surface area contributed by atoms with Gasteiger partial charge < -0.3 is 20.3 Å². The van der Waals surface area contributed by atoms with Gasteiger partial charge in [-0.15, -0.1) is 0 Å². The molecule has 1 aliphatic rings. The molecule has 1 aromatic rings. The van der Waals surface area contributed by atoms with E-state index in [4.69, 9.17) is 4.74 Å². The number of nitrogens with one attached hydrogen (secondary N) is 3. The Morgan fingerprint density at radius 2 is 2.08 bits per heavy atom. The average molecular weight is 385 g/mol. The Balaban J connectivity index is 1.88. The van der Waals surface area contributed by atoms with Crippen molar-refractivity contribution in [1.29, 1.82) is 0 Å². The number of ether oxygens (including phenoxy) is 1. The number of carbonyl (C=O) groups excluding carboxylic acids is 1. The number of hydrogen-bond donors (Lipinski definition) is 3. The molecule has 0 unspecified atom stereocenters. The molecule has 146 valence electrons. The van der Waals surface area contributed by atoms with Crippen molar-refractivity contribution in [2.45, 2.75) is 0 Å². The molecule has 0 aromatic heterocycles. The van der Waals surface area contributed by atoms with Gasteiger partial charge in [-0.1, -0.05) is 6.07 Å². The van der Waals surface area contributed by atoms with Gasteiger partial charge in [0.2, 0.25) is 0 Å². The minimum atomic E-state index is -3.59. The first-order valence-corrected chi connectivity index (χ1v) is 9.82. The molecule has 0 spiro atoms. The summed E-state index contributed by atoms with van der Waals surface area (Å²) in [5.74, 6) is 0.228. The zero-order chi connectivity index (χ0) is 19.2. The fraction of sp³-hybridized carbons (Fsp3) is 0.562. The second-order valence-corrected chi connectivity index (χ2v) is 8.39. The lowest BCUT2D eigenvalue weighted by Gasteiger charge is -2.19. The summed E-state index contributed by atoms with van der Waals surface area (Å²) in [4.78, 5) is 14.3. The minimum absolute atomic E-state index is 0.228. The number of rotatable bonds is 6. The Labute approximate surface area is 154 Å². The summed E-state index contributed by atoms with van der Waals surface area (Å²) in [6, 6.07) is 6.18. The van der Waals surface area contributed by atoms with Crippen LogP contribution in [0.5, 0.6) is 0 Å². The van der Waals surface area contributed by atoms with Crippen LogP contribution in [0.15, 0.2) is 24.3 Å². The molecular weight excluding hydrogens is 358 g/mol. The monoisotopic (exact) mass is 385 g/mol. The highest BCUT2D eigenvalue weighted by Gasteiger charge is 2.17. The lowest BCUT2D eigenvalue weighted by Crippen LogP contribution is -2.37. The van der Waals surface area contributed by atoms with Gasteiger partial charge in [-0.2, -0.15) is 12.7 Å². The van der Waals surface area contributed by atoms with Crippen LogP contribution in [0.1, 0.15) is 0 Å². The molecule has 1 aromatic carbocycles. The van der Waals surface area contributed by atoms with E-state index in [0.717, 1.165) is 17.4 Å². The van der Waals surface area contributed by atoms with Crippen LogP contribution in [-0.2, 0) is 14.9 Å². The molecule has 1 heterocycles. The topological polar surface area (TPSA) is 103 Å². The van der Waals surface area contributed by atoms with Crippen molar-refractivity contribution in [2.24, 2.45) is 5.92 Å². The number of nitrogens with zero attached hydrogens (tertiary/aromatic N) is 2. The molecule has 0 saturated carbocycles. The molecule has 1 saturated heterocycles. The Bertz CT molecular complexity index is 710. The fourth-order valence-corrected chi connectivity index (χ4v) is 3.10. The van der Waals surface area contributed by atoms with E-state index < -0.39 is 10.2 Å². The fourth-order valence-electron chi connectivity index (χ4n) is 2.49. The second kappa shape index (κ2) is 9.17. The van der Waals surface area contributed by atoms with Crippen molar-refractivity contribution in [1.82, 2.24) is 14.5 Å². The smallest absolute Gasteiger partial charge is 0.319 e. The van der Waals surface area contributed by atoms with Gasteiger partial charge in [0.15, 0.2) is 0 Å². The Morgan fingerprint density at radius 1 is 1.35 bits per heavy atom. The molecule has 10 heteroatoms. The van der Waals surface area contributed by atoms with Gasteiger partial charge in [-0.25, -0.2) is 4.79 Å². The van der Waals surface area contributed by atoms with Crippen LogP contribution >= 0.6 is 0 Å². The quantitative estimate of drug-likeness (QED) is 0.666. The van der Waals surface area contributed by atoms with Crippen molar-refractivity contribution >= 4 is 27.6 Å². The number of urea groups is 1. The van der Waals surface area contributed by atoms with Gasteiger partial charge in [0.05, 0.1) is 18.9 Å². The standard InChI is InChI=1S/C16H27N5O4S/c1-20(2)26(23,24)19-15-6-4-5-14(9-15)18-16(22)17-10-13-11-21(3)7-8-25-12-13/h4-6,9,13,19H,7-8,10-12H2,1-3H3,(H2,17,18,22)/t13-/m0/s1. The van der Waals surface area contributed by atoms with Crippen LogP contribution in [-0.4, -0.2) is 77.6 Å². The number of likely N-dealkylation sites (N-methyl/N-ethyl adjacent to an activating group) is 1. The molecule has 9 nitrogen and oxygen atoms in total. The highest BCUT2D eigenvalue weighted by atomic mass is 32.2. The van der Waals surface area contributed by atoms with E-state index in [0.29, 0.717) is 31.1 Å². The van der Waals surface area contributed by atoms with Crippen LogP contribution in [0.4, 0.5) is 16.2 Å². The highest BCUT2D eigenvalue weighted by Crippen LogP contribution is 2.16. The van der Waals surface area contributed by atoms with E-state index in [-0.39, 0.29) is 11.9 Å². The van der Waals surface area contributed by atoms with Gasteiger partial charge in [0.25, 0.3) is 0 Å². The molecule has 0 aliphatic carbocycles. The predicted octanol–water partition coefficient (Wildman–Crippen LogP) is 0.605. The first-order valence-electron chi connectivity index (χ1n) is 8.38. The number of amides is 2. The van der Waals surface area contributed by atoms with Crippen LogP contribution in [0.25, 0.3) is 0 Å². The zero-order valence-corrected chi connectivity index (χ0v) is 16.2. The van der Waals surface area contributed by atoms with Crippen LogP contribution in [0.3, 0.4) is 0 Å². The summed E-state index contributed by atoms with van der Waals surface area (Å²) in [6.45, 7) is 3.57. The molecule has 1 aliphatic heterocycles. The molecule has 3 N–H and O–H groups in total. The van der Waals surface area contributed by atoms with Gasteiger partial charge in [0.1, 0.15) is 0 Å². The van der Waals surface area contributed by atoms with Crippen LogP contribution < -0.4 is 15.4 Å². The molecule has 1 fully saturated rings. The average Bonchev–Trinajstić information content (AvgIpc) is 2.77. The third kappa shape index (κ3) is 6.45.